The third-order valence-electron chi connectivity index (χ3n) is 12.3. The lowest BCUT2D eigenvalue weighted by Crippen LogP contribution is -2.74. The Morgan fingerprint density at radius 1 is 0.983 bits per heavy atom. The van der Waals surface area contributed by atoms with Crippen LogP contribution in [0.5, 0.6) is 5.75 Å². The molecule has 306 valence electrons. The zero-order chi connectivity index (χ0) is 41.7. The first-order valence-corrected chi connectivity index (χ1v) is 20.0. The summed E-state index contributed by atoms with van der Waals surface area (Å²) >= 11 is 6.24. The summed E-state index contributed by atoms with van der Waals surface area (Å²) in [5.74, 6) is -4.66. The summed E-state index contributed by atoms with van der Waals surface area (Å²) in [5, 5.41) is 18.4. The number of rotatable bonds is 11. The highest BCUT2D eigenvalue weighted by Crippen LogP contribution is 2.55. The second-order valence-electron chi connectivity index (χ2n) is 16.9. The molecule has 0 aromatic heterocycles. The molecule has 0 bridgehead atoms. The molecule has 0 spiro atoms. The van der Waals surface area contributed by atoms with Crippen LogP contribution in [-0.2, 0) is 4.79 Å². The van der Waals surface area contributed by atoms with Gasteiger partial charge in [-0.25, -0.2) is 8.78 Å². The summed E-state index contributed by atoms with van der Waals surface area (Å²) < 4.78 is 34.1. The predicted molar refractivity (Wildman–Crippen MR) is 215 cm³/mol. The second kappa shape index (κ2) is 15.5. The average Bonchev–Trinajstić information content (AvgIpc) is 3.44. The van der Waals surface area contributed by atoms with Crippen molar-refractivity contribution in [1.29, 1.82) is 5.26 Å². The monoisotopic (exact) mass is 815 g/mol. The summed E-state index contributed by atoms with van der Waals surface area (Å²) in [6.07, 6.45) is -0.292. The van der Waals surface area contributed by atoms with Gasteiger partial charge in [0.25, 0.3) is 23.6 Å². The fourth-order valence-electron chi connectivity index (χ4n) is 9.37. The molecule has 12 nitrogen and oxygen atoms in total. The van der Waals surface area contributed by atoms with Crippen molar-refractivity contribution in [2.45, 2.75) is 77.6 Å². The van der Waals surface area contributed by atoms with Gasteiger partial charge in [0.1, 0.15) is 24.0 Å². The van der Waals surface area contributed by atoms with Crippen LogP contribution in [0.1, 0.15) is 84.1 Å². The van der Waals surface area contributed by atoms with E-state index in [0.29, 0.717) is 40.7 Å². The number of piperidine rings is 1. The maximum absolute atomic E-state index is 13.8. The Kier molecular flexibility index (Phi) is 10.9. The van der Waals surface area contributed by atoms with Crippen molar-refractivity contribution in [3.63, 3.8) is 0 Å². The summed E-state index contributed by atoms with van der Waals surface area (Å²) in [6, 6.07) is 17.0. The van der Waals surface area contributed by atoms with Gasteiger partial charge in [0.15, 0.2) is 0 Å². The molecule has 3 N–H and O–H groups in total. The average molecular weight is 816 g/mol. The minimum absolute atomic E-state index is 0.0336. The molecule has 3 heterocycles. The van der Waals surface area contributed by atoms with Crippen LogP contribution in [0, 0.1) is 22.2 Å². The Hall–Kier alpha value is -5.26. The van der Waals surface area contributed by atoms with Gasteiger partial charge in [0, 0.05) is 86.1 Å². The summed E-state index contributed by atoms with van der Waals surface area (Å²) in [6.45, 7) is 13.3. The Morgan fingerprint density at radius 3 is 2.29 bits per heavy atom. The van der Waals surface area contributed by atoms with Gasteiger partial charge in [-0.2, -0.15) is 5.26 Å². The van der Waals surface area contributed by atoms with Crippen LogP contribution in [0.2, 0.25) is 5.02 Å². The Morgan fingerprint density at radius 2 is 1.67 bits per heavy atom. The van der Waals surface area contributed by atoms with Crippen LogP contribution in [-0.4, -0.2) is 103 Å². The molecule has 7 rings (SSSR count). The Labute approximate surface area is 341 Å². The van der Waals surface area contributed by atoms with Crippen molar-refractivity contribution in [2.24, 2.45) is 10.8 Å². The SMILES string of the molecule is CC(F)(F)C1CCC(N2C(=O)c3cccc(NCCN4CCN(c5ccc(C(=O)NC6C(C)(C)C(Oc7ccc(C#N)c(Cl)c7)C6(C)C)cc5)CC4)c3C2=O)C(=O)N1. The Bertz CT molecular complexity index is 2140. The zero-order valence-corrected chi connectivity index (χ0v) is 34.0. The number of alkyl halides is 2. The molecule has 4 aliphatic rings. The minimum Gasteiger partial charge on any atom is -0.489 e. The van der Waals surface area contributed by atoms with E-state index in [1.165, 1.54) is 0 Å². The van der Waals surface area contributed by atoms with Crippen molar-refractivity contribution >= 4 is 46.6 Å². The molecule has 2 atom stereocenters. The van der Waals surface area contributed by atoms with E-state index < -0.39 is 35.7 Å². The lowest BCUT2D eigenvalue weighted by atomic mass is 9.49. The van der Waals surface area contributed by atoms with Gasteiger partial charge in [-0.1, -0.05) is 45.4 Å². The number of nitriles is 1. The van der Waals surface area contributed by atoms with E-state index >= 15 is 0 Å². The largest absolute Gasteiger partial charge is 0.489 e. The molecule has 3 aromatic carbocycles. The summed E-state index contributed by atoms with van der Waals surface area (Å²) in [5.41, 5.74) is 2.06. The smallest absolute Gasteiger partial charge is 0.265 e. The first-order valence-electron chi connectivity index (χ1n) is 19.6. The van der Waals surface area contributed by atoms with E-state index in [1.54, 1.807) is 36.4 Å². The van der Waals surface area contributed by atoms with E-state index in [2.05, 4.69) is 59.5 Å². The molecule has 2 unspecified atom stereocenters. The highest BCUT2D eigenvalue weighted by molar-refractivity contribution is 6.31. The molecule has 3 aromatic rings. The summed E-state index contributed by atoms with van der Waals surface area (Å²) in [7, 11) is 0. The number of imide groups is 1. The third kappa shape index (κ3) is 7.57. The van der Waals surface area contributed by atoms with Gasteiger partial charge >= 0.3 is 0 Å². The van der Waals surface area contributed by atoms with E-state index in [9.17, 15) is 33.2 Å². The van der Waals surface area contributed by atoms with Crippen LogP contribution >= 0.6 is 11.6 Å². The number of piperazine rings is 1. The van der Waals surface area contributed by atoms with E-state index in [1.807, 2.05) is 24.3 Å². The van der Waals surface area contributed by atoms with Crippen molar-refractivity contribution in [3.8, 4) is 11.8 Å². The molecule has 3 aliphatic heterocycles. The third-order valence-corrected chi connectivity index (χ3v) is 12.6. The van der Waals surface area contributed by atoms with Crippen molar-refractivity contribution in [3.05, 3.63) is 87.9 Å². The fourth-order valence-corrected chi connectivity index (χ4v) is 9.58. The van der Waals surface area contributed by atoms with Gasteiger partial charge in [-0.3, -0.25) is 29.0 Å². The quantitative estimate of drug-likeness (QED) is 0.200. The number of carbonyl (C=O) groups excluding carboxylic acids is 4. The molecule has 0 radical (unpaired) electrons. The van der Waals surface area contributed by atoms with Crippen molar-refractivity contribution in [1.82, 2.24) is 20.4 Å². The second-order valence-corrected chi connectivity index (χ2v) is 17.3. The molecular formula is C43H48ClF2N7O5. The number of halogens is 3. The first-order chi connectivity index (χ1) is 27.4. The number of carbonyl (C=O) groups is 4. The topological polar surface area (TPSA) is 147 Å². The number of ether oxygens (including phenoxy) is 1. The normalized spacial score (nSPS) is 24.0. The van der Waals surface area contributed by atoms with Crippen LogP contribution in [0.3, 0.4) is 0 Å². The molecule has 2 saturated heterocycles. The number of amides is 4. The molecule has 1 saturated carbocycles. The van der Waals surface area contributed by atoms with Gasteiger partial charge in [0.2, 0.25) is 5.91 Å². The number of hydrogen-bond acceptors (Lipinski definition) is 9. The number of hydrogen-bond donors (Lipinski definition) is 3. The number of benzene rings is 3. The van der Waals surface area contributed by atoms with Gasteiger partial charge < -0.3 is 25.6 Å². The highest BCUT2D eigenvalue weighted by atomic mass is 35.5. The van der Waals surface area contributed by atoms with E-state index in [-0.39, 0.29) is 52.9 Å². The molecular weight excluding hydrogens is 768 g/mol. The Balaban J connectivity index is 0.882. The summed E-state index contributed by atoms with van der Waals surface area (Å²) in [4.78, 5) is 58.6. The lowest BCUT2D eigenvalue weighted by Gasteiger charge is -2.63. The number of fused-ring (bicyclic) bond motifs is 1. The maximum atomic E-state index is 13.8. The van der Waals surface area contributed by atoms with Gasteiger partial charge in [-0.05, 0) is 61.4 Å². The number of nitrogens with one attached hydrogen (secondary N) is 3. The lowest BCUT2D eigenvalue weighted by molar-refractivity contribution is -0.164. The van der Waals surface area contributed by atoms with E-state index in [4.69, 9.17) is 16.3 Å². The molecule has 4 amide bonds. The van der Waals surface area contributed by atoms with Crippen LogP contribution in [0.25, 0.3) is 0 Å². The van der Waals surface area contributed by atoms with Crippen LogP contribution in [0.4, 0.5) is 20.2 Å². The standard InChI is InChI=1S/C43H48ClF2N7O5/c1-41(2)39(42(3,4)40(41)58-28-14-11-26(24-47)30(44)23-28)50-35(54)25-9-12-27(13-10-25)52-21-19-51(20-22-52)18-17-48-31-8-6-7-29-34(31)38(57)53(37(29)56)32-15-16-33(43(5,45)46)49-36(32)55/h6-14,23,32-33,39-40,48H,15-22H2,1-5H3,(H,49,55)(H,50,54). The molecule has 58 heavy (non-hydrogen) atoms. The van der Waals surface area contributed by atoms with Crippen LogP contribution < -0.4 is 25.6 Å². The first kappa shape index (κ1) is 40.9. The van der Waals surface area contributed by atoms with Gasteiger partial charge in [0.05, 0.1) is 27.8 Å². The molecule has 1 aliphatic carbocycles. The minimum atomic E-state index is -3.11. The van der Waals surface area contributed by atoms with E-state index in [0.717, 1.165) is 43.7 Å². The zero-order valence-electron chi connectivity index (χ0n) is 33.2. The fraction of sp³-hybridized carbons (Fsp3) is 0.465. The van der Waals surface area contributed by atoms with Gasteiger partial charge in [-0.15, -0.1) is 0 Å². The number of anilines is 2. The maximum Gasteiger partial charge on any atom is 0.265 e. The van der Waals surface area contributed by atoms with Crippen molar-refractivity contribution < 1.29 is 32.7 Å². The van der Waals surface area contributed by atoms with Crippen LogP contribution in [0.15, 0.2) is 60.7 Å². The van der Waals surface area contributed by atoms with Crippen molar-refractivity contribution in [2.75, 3.05) is 49.5 Å². The number of nitrogens with zero attached hydrogens (tertiary/aromatic N) is 4. The highest BCUT2D eigenvalue weighted by Gasteiger charge is 2.64. The molecule has 15 heteroatoms. The molecule has 3 fully saturated rings. The predicted octanol–water partition coefficient (Wildman–Crippen LogP) is 5.96.